The van der Waals surface area contributed by atoms with Crippen LogP contribution in [0.15, 0.2) is 12.1 Å². The predicted octanol–water partition coefficient (Wildman–Crippen LogP) is 3.81. The first-order chi connectivity index (χ1) is 9.51. The molecule has 0 spiro atoms. The Morgan fingerprint density at radius 3 is 2.50 bits per heavy atom. The number of hydrogen-bond donors (Lipinski definition) is 1. The molecule has 1 rings (SSSR count). The molecular formula is C17H30N2O. The molecule has 20 heavy (non-hydrogen) atoms. The van der Waals surface area contributed by atoms with Crippen molar-refractivity contribution >= 4 is 0 Å². The second kappa shape index (κ2) is 8.96. The van der Waals surface area contributed by atoms with Gasteiger partial charge < -0.3 is 10.1 Å². The van der Waals surface area contributed by atoms with Gasteiger partial charge in [0.25, 0.3) is 0 Å². The third-order valence-corrected chi connectivity index (χ3v) is 3.10. The number of ether oxygens (including phenoxy) is 1. The minimum Gasteiger partial charge on any atom is -0.478 e. The summed E-state index contributed by atoms with van der Waals surface area (Å²) in [5.74, 6) is 2.10. The average Bonchev–Trinajstić information content (AvgIpc) is 2.37. The highest BCUT2D eigenvalue weighted by molar-refractivity contribution is 5.25. The number of aryl methyl sites for hydroxylation is 1. The van der Waals surface area contributed by atoms with Crippen LogP contribution >= 0.6 is 0 Å². The summed E-state index contributed by atoms with van der Waals surface area (Å²) in [5, 5.41) is 3.47. The van der Waals surface area contributed by atoms with Crippen molar-refractivity contribution in [2.45, 2.75) is 54.0 Å². The minimum absolute atomic E-state index is 0.663. The SMILES string of the molecule is CCc1cc(CNCC(C)C)cc(OCCC(C)C)n1. The van der Waals surface area contributed by atoms with Gasteiger partial charge in [0, 0.05) is 18.3 Å². The zero-order chi connectivity index (χ0) is 15.0. The van der Waals surface area contributed by atoms with E-state index in [1.807, 2.05) is 0 Å². The zero-order valence-electron chi connectivity index (χ0n) is 13.7. The molecule has 0 radical (unpaired) electrons. The Balaban J connectivity index is 2.60. The van der Waals surface area contributed by atoms with E-state index in [1.165, 1.54) is 5.56 Å². The molecule has 0 fully saturated rings. The van der Waals surface area contributed by atoms with E-state index in [9.17, 15) is 0 Å². The number of rotatable bonds is 9. The van der Waals surface area contributed by atoms with Crippen LogP contribution < -0.4 is 10.1 Å². The summed E-state index contributed by atoms with van der Waals surface area (Å²) < 4.78 is 5.79. The summed E-state index contributed by atoms with van der Waals surface area (Å²) in [7, 11) is 0. The lowest BCUT2D eigenvalue weighted by Crippen LogP contribution is -2.19. The largest absolute Gasteiger partial charge is 0.478 e. The Morgan fingerprint density at radius 2 is 1.90 bits per heavy atom. The second-order valence-corrected chi connectivity index (χ2v) is 6.21. The summed E-state index contributed by atoms with van der Waals surface area (Å²) in [6, 6.07) is 4.23. The van der Waals surface area contributed by atoms with Crippen LogP contribution in [-0.2, 0) is 13.0 Å². The van der Waals surface area contributed by atoms with E-state index in [4.69, 9.17) is 4.74 Å². The van der Waals surface area contributed by atoms with Crippen molar-refractivity contribution in [1.29, 1.82) is 0 Å². The molecule has 0 aliphatic carbocycles. The molecule has 1 N–H and O–H groups in total. The number of hydrogen-bond acceptors (Lipinski definition) is 3. The first-order valence-corrected chi connectivity index (χ1v) is 7.84. The highest BCUT2D eigenvalue weighted by atomic mass is 16.5. The van der Waals surface area contributed by atoms with Crippen molar-refractivity contribution in [1.82, 2.24) is 10.3 Å². The van der Waals surface area contributed by atoms with Gasteiger partial charge in [-0.1, -0.05) is 34.6 Å². The summed E-state index contributed by atoms with van der Waals surface area (Å²) in [4.78, 5) is 4.54. The molecule has 0 atom stereocenters. The van der Waals surface area contributed by atoms with E-state index < -0.39 is 0 Å². The third-order valence-electron chi connectivity index (χ3n) is 3.10. The van der Waals surface area contributed by atoms with Crippen LogP contribution in [0.3, 0.4) is 0 Å². The molecule has 1 aromatic heterocycles. The maximum Gasteiger partial charge on any atom is 0.213 e. The molecule has 0 aromatic carbocycles. The monoisotopic (exact) mass is 278 g/mol. The van der Waals surface area contributed by atoms with Gasteiger partial charge in [-0.25, -0.2) is 4.98 Å². The molecule has 0 bridgehead atoms. The fourth-order valence-electron chi connectivity index (χ4n) is 1.88. The van der Waals surface area contributed by atoms with Gasteiger partial charge in [0.1, 0.15) is 0 Å². The predicted molar refractivity (Wildman–Crippen MR) is 85.1 cm³/mol. The van der Waals surface area contributed by atoms with E-state index in [1.54, 1.807) is 0 Å². The molecule has 0 saturated carbocycles. The fraction of sp³-hybridized carbons (Fsp3) is 0.706. The van der Waals surface area contributed by atoms with Gasteiger partial charge in [-0.05, 0) is 42.9 Å². The molecule has 1 heterocycles. The molecule has 0 aliphatic heterocycles. The lowest BCUT2D eigenvalue weighted by molar-refractivity contribution is 0.278. The van der Waals surface area contributed by atoms with Gasteiger partial charge in [0.15, 0.2) is 0 Å². The zero-order valence-corrected chi connectivity index (χ0v) is 13.7. The van der Waals surface area contributed by atoms with E-state index in [0.29, 0.717) is 11.8 Å². The highest BCUT2D eigenvalue weighted by Gasteiger charge is 2.04. The standard InChI is InChI=1S/C17H30N2O/c1-6-16-9-15(12-18-11-14(4)5)10-17(19-16)20-8-7-13(2)3/h9-10,13-14,18H,6-8,11-12H2,1-5H3. The van der Waals surface area contributed by atoms with Gasteiger partial charge in [-0.2, -0.15) is 0 Å². The Labute approximate surface area is 124 Å². The first kappa shape index (κ1) is 17.0. The van der Waals surface area contributed by atoms with Crippen LogP contribution in [0.2, 0.25) is 0 Å². The topological polar surface area (TPSA) is 34.1 Å². The van der Waals surface area contributed by atoms with Crippen LogP contribution in [0, 0.1) is 11.8 Å². The molecule has 0 amide bonds. The van der Waals surface area contributed by atoms with Crippen molar-refractivity contribution in [3.8, 4) is 5.88 Å². The molecular weight excluding hydrogens is 248 g/mol. The van der Waals surface area contributed by atoms with Gasteiger partial charge in [0.2, 0.25) is 5.88 Å². The summed E-state index contributed by atoms with van der Waals surface area (Å²) in [5.41, 5.74) is 2.37. The fourth-order valence-corrected chi connectivity index (χ4v) is 1.88. The molecule has 3 nitrogen and oxygen atoms in total. The molecule has 0 saturated heterocycles. The molecule has 114 valence electrons. The summed E-state index contributed by atoms with van der Waals surface area (Å²) in [6.07, 6.45) is 2.01. The minimum atomic E-state index is 0.663. The average molecular weight is 278 g/mol. The molecule has 1 aromatic rings. The maximum atomic E-state index is 5.79. The molecule has 0 aliphatic rings. The number of pyridine rings is 1. The summed E-state index contributed by atoms with van der Waals surface area (Å²) >= 11 is 0. The van der Waals surface area contributed by atoms with Gasteiger partial charge in [0.05, 0.1) is 6.61 Å². The Morgan fingerprint density at radius 1 is 1.15 bits per heavy atom. The van der Waals surface area contributed by atoms with Gasteiger partial charge >= 0.3 is 0 Å². The van der Waals surface area contributed by atoms with Crippen LogP contribution in [0.4, 0.5) is 0 Å². The van der Waals surface area contributed by atoms with Crippen molar-refractivity contribution in [3.05, 3.63) is 23.4 Å². The van der Waals surface area contributed by atoms with Crippen LogP contribution in [0.1, 0.15) is 52.3 Å². The maximum absolute atomic E-state index is 5.79. The quantitative estimate of drug-likeness (QED) is 0.745. The molecule has 0 unspecified atom stereocenters. The van der Waals surface area contributed by atoms with Crippen LogP contribution in [0.5, 0.6) is 5.88 Å². The first-order valence-electron chi connectivity index (χ1n) is 7.84. The normalized spacial score (nSPS) is 11.3. The summed E-state index contributed by atoms with van der Waals surface area (Å²) in [6.45, 7) is 13.7. The number of nitrogens with one attached hydrogen (secondary N) is 1. The van der Waals surface area contributed by atoms with E-state index in [-0.39, 0.29) is 0 Å². The van der Waals surface area contributed by atoms with Crippen LogP contribution in [-0.4, -0.2) is 18.1 Å². The second-order valence-electron chi connectivity index (χ2n) is 6.21. The van der Waals surface area contributed by atoms with Crippen molar-refractivity contribution < 1.29 is 4.74 Å². The number of nitrogens with zero attached hydrogens (tertiary/aromatic N) is 1. The van der Waals surface area contributed by atoms with Crippen molar-refractivity contribution in [3.63, 3.8) is 0 Å². The van der Waals surface area contributed by atoms with Crippen LogP contribution in [0.25, 0.3) is 0 Å². The Hall–Kier alpha value is -1.09. The van der Waals surface area contributed by atoms with Crippen molar-refractivity contribution in [2.75, 3.05) is 13.2 Å². The van der Waals surface area contributed by atoms with Gasteiger partial charge in [-0.3, -0.25) is 0 Å². The number of aromatic nitrogens is 1. The lowest BCUT2D eigenvalue weighted by Gasteiger charge is -2.12. The Kier molecular flexibility index (Phi) is 7.60. The molecule has 3 heteroatoms. The van der Waals surface area contributed by atoms with Gasteiger partial charge in [-0.15, -0.1) is 0 Å². The van der Waals surface area contributed by atoms with Crippen molar-refractivity contribution in [2.24, 2.45) is 11.8 Å². The van der Waals surface area contributed by atoms with E-state index >= 15 is 0 Å². The highest BCUT2D eigenvalue weighted by Crippen LogP contribution is 2.14. The lowest BCUT2D eigenvalue weighted by atomic mass is 10.1. The Bertz CT molecular complexity index is 356. The smallest absolute Gasteiger partial charge is 0.213 e. The van der Waals surface area contributed by atoms with E-state index in [2.05, 4.69) is 57.1 Å². The third kappa shape index (κ3) is 6.90. The van der Waals surface area contributed by atoms with E-state index in [0.717, 1.165) is 44.1 Å².